The van der Waals surface area contributed by atoms with Crippen LogP contribution in [0.1, 0.15) is 27.6 Å². The van der Waals surface area contributed by atoms with Crippen LogP contribution in [0.5, 0.6) is 0 Å². The number of primary amides is 1. The number of nitrogens with one attached hydrogen (secondary N) is 2. The Bertz CT molecular complexity index is 1050. The summed E-state index contributed by atoms with van der Waals surface area (Å²) in [5, 5.41) is 5.17. The minimum absolute atomic E-state index is 0.172. The number of carbonyl (C=O) groups is 3. The Kier molecular flexibility index (Phi) is 6.44. The second-order valence-electron chi connectivity index (χ2n) is 6.62. The summed E-state index contributed by atoms with van der Waals surface area (Å²) in [6.07, 6.45) is -1.16. The number of hydrogen-bond donors (Lipinski definition) is 3. The third-order valence-corrected chi connectivity index (χ3v) is 4.25. The SMILES string of the molecule is Cc1ccc(NC(=O)[C@H](OC(=O)c2cccc(NC(N)=O)c2)c2ccccc2)cc1. The summed E-state index contributed by atoms with van der Waals surface area (Å²) in [4.78, 5) is 36.7. The average Bonchev–Trinajstić information content (AvgIpc) is 2.73. The highest BCUT2D eigenvalue weighted by Crippen LogP contribution is 2.23. The fourth-order valence-corrected chi connectivity index (χ4v) is 2.79. The van der Waals surface area contributed by atoms with E-state index in [1.54, 1.807) is 54.6 Å². The molecule has 3 amide bonds. The fourth-order valence-electron chi connectivity index (χ4n) is 2.79. The van der Waals surface area contributed by atoms with E-state index < -0.39 is 24.0 Å². The maximum atomic E-state index is 12.9. The van der Waals surface area contributed by atoms with E-state index in [1.807, 2.05) is 19.1 Å². The van der Waals surface area contributed by atoms with Gasteiger partial charge in [0.1, 0.15) is 0 Å². The van der Waals surface area contributed by atoms with Gasteiger partial charge < -0.3 is 21.1 Å². The molecule has 7 heteroatoms. The number of rotatable bonds is 6. The molecule has 0 saturated heterocycles. The Labute approximate surface area is 173 Å². The quantitative estimate of drug-likeness (QED) is 0.540. The highest BCUT2D eigenvalue weighted by Gasteiger charge is 2.26. The van der Waals surface area contributed by atoms with Crippen molar-refractivity contribution in [2.45, 2.75) is 13.0 Å². The molecule has 0 spiro atoms. The van der Waals surface area contributed by atoms with Crippen LogP contribution in [0.25, 0.3) is 0 Å². The lowest BCUT2D eigenvalue weighted by Gasteiger charge is -2.18. The Hall–Kier alpha value is -4.13. The molecule has 0 heterocycles. The highest BCUT2D eigenvalue weighted by atomic mass is 16.5. The second-order valence-corrected chi connectivity index (χ2v) is 6.62. The van der Waals surface area contributed by atoms with Gasteiger partial charge in [0.25, 0.3) is 5.91 Å². The lowest BCUT2D eigenvalue weighted by molar-refractivity contribution is -0.125. The molecule has 3 rings (SSSR count). The van der Waals surface area contributed by atoms with Crippen LogP contribution in [0, 0.1) is 6.92 Å². The monoisotopic (exact) mass is 403 g/mol. The maximum Gasteiger partial charge on any atom is 0.339 e. The van der Waals surface area contributed by atoms with Gasteiger partial charge in [-0.05, 0) is 37.3 Å². The normalized spacial score (nSPS) is 11.2. The Balaban J connectivity index is 1.82. The van der Waals surface area contributed by atoms with Gasteiger partial charge in [-0.25, -0.2) is 9.59 Å². The molecule has 0 unspecified atom stereocenters. The molecule has 7 nitrogen and oxygen atoms in total. The number of anilines is 2. The van der Waals surface area contributed by atoms with E-state index in [9.17, 15) is 14.4 Å². The maximum absolute atomic E-state index is 12.9. The Morgan fingerprint density at radius 1 is 0.833 bits per heavy atom. The van der Waals surface area contributed by atoms with E-state index >= 15 is 0 Å². The van der Waals surface area contributed by atoms with Gasteiger partial charge in [-0.15, -0.1) is 0 Å². The molecule has 3 aromatic rings. The molecule has 30 heavy (non-hydrogen) atoms. The molecule has 0 fully saturated rings. The van der Waals surface area contributed by atoms with Crippen molar-refractivity contribution in [2.24, 2.45) is 5.73 Å². The molecule has 0 aliphatic rings. The number of hydrogen-bond acceptors (Lipinski definition) is 4. The molecule has 1 atom stereocenters. The summed E-state index contributed by atoms with van der Waals surface area (Å²) in [5.74, 6) is -1.19. The predicted molar refractivity (Wildman–Crippen MR) is 114 cm³/mol. The molecule has 0 aromatic heterocycles. The van der Waals surface area contributed by atoms with Crippen molar-refractivity contribution >= 4 is 29.3 Å². The molecule has 0 aliphatic carbocycles. The van der Waals surface area contributed by atoms with Gasteiger partial charge in [-0.1, -0.05) is 54.1 Å². The van der Waals surface area contributed by atoms with E-state index in [-0.39, 0.29) is 5.56 Å². The van der Waals surface area contributed by atoms with Crippen LogP contribution in [0.15, 0.2) is 78.9 Å². The number of esters is 1. The van der Waals surface area contributed by atoms with Gasteiger partial charge in [0, 0.05) is 16.9 Å². The summed E-state index contributed by atoms with van der Waals surface area (Å²) < 4.78 is 5.55. The zero-order valence-electron chi connectivity index (χ0n) is 16.3. The van der Waals surface area contributed by atoms with E-state index in [2.05, 4.69) is 10.6 Å². The number of aryl methyl sites for hydroxylation is 1. The van der Waals surface area contributed by atoms with Crippen molar-refractivity contribution in [3.8, 4) is 0 Å². The van der Waals surface area contributed by atoms with Crippen LogP contribution in [-0.2, 0) is 9.53 Å². The Morgan fingerprint density at radius 2 is 1.53 bits per heavy atom. The molecule has 0 saturated carbocycles. The zero-order valence-corrected chi connectivity index (χ0v) is 16.3. The van der Waals surface area contributed by atoms with Gasteiger partial charge in [-0.3, -0.25) is 4.79 Å². The number of ether oxygens (including phenoxy) is 1. The summed E-state index contributed by atoms with van der Waals surface area (Å²) in [7, 11) is 0. The van der Waals surface area contributed by atoms with Crippen molar-refractivity contribution in [1.82, 2.24) is 0 Å². The second kappa shape index (κ2) is 9.38. The summed E-state index contributed by atoms with van der Waals surface area (Å²) in [5.41, 5.74) is 7.81. The minimum Gasteiger partial charge on any atom is -0.444 e. The van der Waals surface area contributed by atoms with Crippen LogP contribution in [0.2, 0.25) is 0 Å². The third-order valence-electron chi connectivity index (χ3n) is 4.25. The summed E-state index contributed by atoms with van der Waals surface area (Å²) in [6, 6.07) is 21.4. The van der Waals surface area contributed by atoms with Crippen LogP contribution in [0.3, 0.4) is 0 Å². The number of nitrogens with two attached hydrogens (primary N) is 1. The van der Waals surface area contributed by atoms with Crippen molar-refractivity contribution in [3.05, 3.63) is 95.6 Å². The molecule has 152 valence electrons. The molecule has 3 aromatic carbocycles. The average molecular weight is 403 g/mol. The van der Waals surface area contributed by atoms with Crippen LogP contribution >= 0.6 is 0 Å². The lowest BCUT2D eigenvalue weighted by Crippen LogP contribution is -2.26. The molecular weight excluding hydrogens is 382 g/mol. The number of benzene rings is 3. The number of carbonyl (C=O) groups excluding carboxylic acids is 3. The third kappa shape index (κ3) is 5.45. The van der Waals surface area contributed by atoms with E-state index in [4.69, 9.17) is 10.5 Å². The highest BCUT2D eigenvalue weighted by molar-refractivity contribution is 5.99. The van der Waals surface area contributed by atoms with E-state index in [0.717, 1.165) is 5.56 Å². The number of amides is 3. The standard InChI is InChI=1S/C23H21N3O4/c1-15-10-12-18(13-11-15)25-21(27)20(16-6-3-2-4-7-16)30-22(28)17-8-5-9-19(14-17)26-23(24)29/h2-14,20H,1H3,(H,25,27)(H3,24,26,29)/t20-/m1/s1. The predicted octanol–water partition coefficient (Wildman–Crippen LogP) is 4.02. The summed E-state index contributed by atoms with van der Waals surface area (Å²) in [6.45, 7) is 1.95. The van der Waals surface area contributed by atoms with Gasteiger partial charge in [0.05, 0.1) is 5.56 Å². The number of urea groups is 1. The first kappa shape index (κ1) is 20.6. The van der Waals surface area contributed by atoms with Gasteiger partial charge in [-0.2, -0.15) is 0 Å². The topological polar surface area (TPSA) is 111 Å². The van der Waals surface area contributed by atoms with E-state index in [0.29, 0.717) is 16.9 Å². The zero-order chi connectivity index (χ0) is 21.5. The first-order chi connectivity index (χ1) is 14.4. The van der Waals surface area contributed by atoms with Crippen LogP contribution in [-0.4, -0.2) is 17.9 Å². The Morgan fingerprint density at radius 3 is 2.20 bits per heavy atom. The molecular formula is C23H21N3O4. The van der Waals surface area contributed by atoms with Crippen molar-refractivity contribution in [1.29, 1.82) is 0 Å². The molecule has 0 radical (unpaired) electrons. The smallest absolute Gasteiger partial charge is 0.339 e. The van der Waals surface area contributed by atoms with Gasteiger partial charge in [0.2, 0.25) is 6.10 Å². The first-order valence-corrected chi connectivity index (χ1v) is 9.22. The van der Waals surface area contributed by atoms with Crippen LogP contribution in [0.4, 0.5) is 16.2 Å². The van der Waals surface area contributed by atoms with Crippen molar-refractivity contribution in [2.75, 3.05) is 10.6 Å². The van der Waals surface area contributed by atoms with Gasteiger partial charge in [0.15, 0.2) is 0 Å². The summed E-state index contributed by atoms with van der Waals surface area (Å²) >= 11 is 0. The largest absolute Gasteiger partial charge is 0.444 e. The van der Waals surface area contributed by atoms with E-state index in [1.165, 1.54) is 12.1 Å². The van der Waals surface area contributed by atoms with Crippen molar-refractivity contribution in [3.63, 3.8) is 0 Å². The fraction of sp³-hybridized carbons (Fsp3) is 0.0870. The van der Waals surface area contributed by atoms with Crippen LogP contribution < -0.4 is 16.4 Å². The first-order valence-electron chi connectivity index (χ1n) is 9.22. The molecule has 0 aliphatic heterocycles. The van der Waals surface area contributed by atoms with Crippen molar-refractivity contribution < 1.29 is 19.1 Å². The molecule has 4 N–H and O–H groups in total. The van der Waals surface area contributed by atoms with Gasteiger partial charge >= 0.3 is 12.0 Å². The minimum atomic E-state index is -1.16. The lowest BCUT2D eigenvalue weighted by atomic mass is 10.1. The molecule has 0 bridgehead atoms.